The summed E-state index contributed by atoms with van der Waals surface area (Å²) in [7, 11) is 3.93. The third-order valence-corrected chi connectivity index (χ3v) is 7.75. The monoisotopic (exact) mass is 625 g/mol. The number of carbonyl (C=O) groups excluding carboxylic acids is 1. The first-order chi connectivity index (χ1) is 21.7. The van der Waals surface area contributed by atoms with E-state index >= 15 is 0 Å². The number of morpholine rings is 1. The van der Waals surface area contributed by atoms with Crippen molar-refractivity contribution in [2.45, 2.75) is 24.3 Å². The molecule has 238 valence electrons. The average molecular weight is 626 g/mol. The maximum absolute atomic E-state index is 14.8. The zero-order valence-corrected chi connectivity index (χ0v) is 24.8. The molecule has 6 rings (SSSR count). The first-order valence-corrected chi connectivity index (χ1v) is 14.6. The molecule has 2 aliphatic rings. The highest BCUT2D eigenvalue weighted by molar-refractivity contribution is 5.99. The van der Waals surface area contributed by atoms with Gasteiger partial charge in [-0.25, -0.2) is 14.8 Å². The van der Waals surface area contributed by atoms with Gasteiger partial charge in [0.1, 0.15) is 12.4 Å². The van der Waals surface area contributed by atoms with Crippen LogP contribution in [-0.2, 0) is 4.74 Å². The lowest BCUT2D eigenvalue weighted by Crippen LogP contribution is -2.66. The number of halogens is 3. The molecule has 2 saturated heterocycles. The summed E-state index contributed by atoms with van der Waals surface area (Å²) in [6.45, 7) is 2.49. The third-order valence-electron chi connectivity index (χ3n) is 7.75. The molecule has 0 aliphatic carbocycles. The SMILES string of the molecule is CN(C)CCOc1ccc(NC(=O)Nc2ccc(-c3nc(C(N4C5CNCC4COC5)C(F)(F)F)c4cn[nH]c4n3)cc2)cc1. The van der Waals surface area contributed by atoms with E-state index in [0.717, 1.165) is 6.54 Å². The minimum Gasteiger partial charge on any atom is -0.492 e. The molecule has 2 fully saturated rings. The van der Waals surface area contributed by atoms with Gasteiger partial charge >= 0.3 is 12.2 Å². The van der Waals surface area contributed by atoms with Gasteiger partial charge in [-0.05, 0) is 62.6 Å². The second-order valence-electron chi connectivity index (χ2n) is 11.3. The van der Waals surface area contributed by atoms with E-state index in [-0.39, 0.29) is 35.8 Å². The van der Waals surface area contributed by atoms with Crippen molar-refractivity contribution >= 4 is 28.4 Å². The highest BCUT2D eigenvalue weighted by atomic mass is 19.4. The van der Waals surface area contributed by atoms with Gasteiger partial charge in [0.05, 0.1) is 30.5 Å². The summed E-state index contributed by atoms with van der Waals surface area (Å²) >= 11 is 0. The van der Waals surface area contributed by atoms with Gasteiger partial charge in [-0.15, -0.1) is 0 Å². The number of nitrogens with one attached hydrogen (secondary N) is 4. The molecule has 45 heavy (non-hydrogen) atoms. The number of nitrogens with zero attached hydrogens (tertiary/aromatic N) is 5. The fourth-order valence-corrected chi connectivity index (χ4v) is 5.61. The molecule has 15 heteroatoms. The van der Waals surface area contributed by atoms with Gasteiger partial charge in [0.2, 0.25) is 0 Å². The lowest BCUT2D eigenvalue weighted by Gasteiger charge is -2.49. The highest BCUT2D eigenvalue weighted by Gasteiger charge is 2.53. The third kappa shape index (κ3) is 7.01. The number of piperazine rings is 1. The van der Waals surface area contributed by atoms with Crippen LogP contribution in [0.25, 0.3) is 22.4 Å². The van der Waals surface area contributed by atoms with Crippen LogP contribution in [0.4, 0.5) is 29.3 Å². The fraction of sp³-hybridized carbons (Fsp3) is 0.400. The Morgan fingerprint density at radius 2 is 1.69 bits per heavy atom. The normalized spacial score (nSPS) is 19.4. The molecular weight excluding hydrogens is 591 g/mol. The summed E-state index contributed by atoms with van der Waals surface area (Å²) in [5.74, 6) is 0.805. The van der Waals surface area contributed by atoms with Crippen molar-refractivity contribution in [3.8, 4) is 17.1 Å². The van der Waals surface area contributed by atoms with Crippen LogP contribution in [0.2, 0.25) is 0 Å². The quantitative estimate of drug-likeness (QED) is 0.219. The molecule has 3 atom stereocenters. The Hall–Kier alpha value is -4.31. The van der Waals surface area contributed by atoms with E-state index < -0.39 is 30.3 Å². The van der Waals surface area contributed by atoms with Crippen molar-refractivity contribution in [1.29, 1.82) is 0 Å². The number of urea groups is 1. The lowest BCUT2D eigenvalue weighted by atomic mass is 9.98. The Labute approximate surface area is 257 Å². The van der Waals surface area contributed by atoms with Gasteiger partial charge in [-0.2, -0.15) is 18.3 Å². The maximum atomic E-state index is 14.8. The Kier molecular flexibility index (Phi) is 8.85. The van der Waals surface area contributed by atoms with Crippen LogP contribution in [0.3, 0.4) is 0 Å². The first-order valence-electron chi connectivity index (χ1n) is 14.6. The Morgan fingerprint density at radius 3 is 2.31 bits per heavy atom. The smallest absolute Gasteiger partial charge is 0.409 e. The van der Waals surface area contributed by atoms with Crippen molar-refractivity contribution in [1.82, 2.24) is 35.3 Å². The van der Waals surface area contributed by atoms with E-state index in [2.05, 4.69) is 36.1 Å². The minimum atomic E-state index is -4.61. The number of amides is 2. The number of rotatable bonds is 9. The molecule has 0 saturated carbocycles. The van der Waals surface area contributed by atoms with Crippen molar-refractivity contribution < 1.29 is 27.4 Å². The summed E-state index contributed by atoms with van der Waals surface area (Å²) in [6.07, 6.45) is -3.28. The predicted molar refractivity (Wildman–Crippen MR) is 162 cm³/mol. The van der Waals surface area contributed by atoms with E-state index in [9.17, 15) is 18.0 Å². The second-order valence-corrected chi connectivity index (χ2v) is 11.3. The number of hydrogen-bond donors (Lipinski definition) is 4. The molecule has 4 aromatic rings. The molecule has 0 spiro atoms. The number of aromatic amines is 1. The Bertz CT molecular complexity index is 1590. The molecule has 2 bridgehead atoms. The van der Waals surface area contributed by atoms with Crippen molar-refractivity contribution in [2.75, 3.05) is 64.2 Å². The number of ether oxygens (including phenoxy) is 2. The van der Waals surface area contributed by atoms with Crippen molar-refractivity contribution in [3.63, 3.8) is 0 Å². The molecular formula is C30H34F3N9O3. The number of benzene rings is 2. The molecule has 4 N–H and O–H groups in total. The van der Waals surface area contributed by atoms with Gasteiger partial charge in [-0.1, -0.05) is 0 Å². The number of carbonyl (C=O) groups is 1. The van der Waals surface area contributed by atoms with Gasteiger partial charge in [-0.3, -0.25) is 10.00 Å². The molecule has 2 aromatic carbocycles. The summed E-state index contributed by atoms with van der Waals surface area (Å²) in [6, 6.07) is 10.2. The van der Waals surface area contributed by atoms with Crippen LogP contribution in [0, 0.1) is 0 Å². The van der Waals surface area contributed by atoms with Crippen LogP contribution in [0.15, 0.2) is 54.7 Å². The lowest BCUT2D eigenvalue weighted by molar-refractivity contribution is -0.220. The molecule has 3 unspecified atom stereocenters. The fourth-order valence-electron chi connectivity index (χ4n) is 5.61. The van der Waals surface area contributed by atoms with Gasteiger partial charge < -0.3 is 30.3 Å². The Morgan fingerprint density at radius 1 is 1.04 bits per heavy atom. The van der Waals surface area contributed by atoms with E-state index in [1.54, 1.807) is 48.5 Å². The zero-order chi connectivity index (χ0) is 31.6. The average Bonchev–Trinajstić information content (AvgIpc) is 3.47. The van der Waals surface area contributed by atoms with E-state index in [4.69, 9.17) is 9.47 Å². The topological polar surface area (TPSA) is 133 Å². The first kappa shape index (κ1) is 30.7. The van der Waals surface area contributed by atoms with Crippen molar-refractivity contribution in [3.05, 3.63) is 60.4 Å². The summed E-state index contributed by atoms with van der Waals surface area (Å²) in [5.41, 5.74) is 1.58. The molecule has 0 radical (unpaired) electrons. The van der Waals surface area contributed by atoms with E-state index in [0.29, 0.717) is 42.4 Å². The van der Waals surface area contributed by atoms with Gasteiger partial charge in [0.15, 0.2) is 17.5 Å². The van der Waals surface area contributed by atoms with Crippen LogP contribution in [0.1, 0.15) is 11.7 Å². The van der Waals surface area contributed by atoms with Crippen LogP contribution >= 0.6 is 0 Å². The number of H-pyrrole nitrogens is 1. The number of hydrogen-bond acceptors (Lipinski definition) is 9. The largest absolute Gasteiger partial charge is 0.492 e. The summed E-state index contributed by atoms with van der Waals surface area (Å²) in [4.78, 5) is 25.1. The summed E-state index contributed by atoms with van der Waals surface area (Å²) in [5, 5.41) is 15.6. The minimum absolute atomic E-state index is 0.108. The molecule has 4 heterocycles. The number of fused-ring (bicyclic) bond motifs is 3. The van der Waals surface area contributed by atoms with Gasteiger partial charge in [0.25, 0.3) is 0 Å². The van der Waals surface area contributed by atoms with E-state index in [1.807, 2.05) is 19.0 Å². The zero-order valence-electron chi connectivity index (χ0n) is 24.8. The number of anilines is 2. The van der Waals surface area contributed by atoms with Crippen molar-refractivity contribution in [2.24, 2.45) is 0 Å². The highest BCUT2D eigenvalue weighted by Crippen LogP contribution is 2.43. The molecule has 2 aromatic heterocycles. The number of alkyl halides is 3. The molecule has 2 aliphatic heterocycles. The number of aromatic nitrogens is 4. The van der Waals surface area contributed by atoms with E-state index in [1.165, 1.54) is 11.1 Å². The number of likely N-dealkylation sites (N-methyl/N-ethyl adjacent to an activating group) is 1. The maximum Gasteiger partial charge on any atom is 0.409 e. The van der Waals surface area contributed by atoms with Crippen LogP contribution < -0.4 is 20.7 Å². The summed E-state index contributed by atoms with van der Waals surface area (Å²) < 4.78 is 55.8. The standard InChI is InChI=1S/C30H34F3N9O3/c1-41(2)11-12-45-23-9-7-20(8-10-23)37-29(43)36-19-5-3-18(4-6-19)27-38-25(24-15-35-40-28(24)39-27)26(30(31,32)33)42-21-13-34-14-22(42)17-44-16-21/h3-10,15,21-22,26,34H,11-14,16-17H2,1-2H3,(H2,36,37,43)(H,35,38,39,40). The van der Waals surface area contributed by atoms with Gasteiger partial charge in [0, 0.05) is 48.7 Å². The van der Waals surface area contributed by atoms with Crippen LogP contribution in [-0.4, -0.2) is 108 Å². The molecule has 2 amide bonds. The van der Waals surface area contributed by atoms with Crippen LogP contribution in [0.5, 0.6) is 5.75 Å². The molecule has 12 nitrogen and oxygen atoms in total. The second kappa shape index (κ2) is 13.0. The Balaban J connectivity index is 1.19. The predicted octanol–water partition coefficient (Wildman–Crippen LogP) is 3.88.